The molecule has 0 aliphatic heterocycles. The molecule has 2 heteroatoms. The first-order valence-electron chi connectivity index (χ1n) is 4.02. The maximum atomic E-state index is 6.15. The van der Waals surface area contributed by atoms with Gasteiger partial charge in [-0.3, -0.25) is 4.90 Å². The van der Waals surface area contributed by atoms with Crippen LogP contribution < -0.4 is 0 Å². The van der Waals surface area contributed by atoms with Crippen LogP contribution in [0.3, 0.4) is 0 Å². The van der Waals surface area contributed by atoms with Gasteiger partial charge >= 0.3 is 0 Å². The minimum absolute atomic E-state index is 0.266. The van der Waals surface area contributed by atoms with Gasteiger partial charge in [0.25, 0.3) is 0 Å². The first-order chi connectivity index (χ1) is 4.72. The molecule has 0 spiro atoms. The maximum Gasteiger partial charge on any atom is 0.0873 e. The summed E-state index contributed by atoms with van der Waals surface area (Å²) >= 11 is 6.15. The van der Waals surface area contributed by atoms with Gasteiger partial charge in [-0.1, -0.05) is 12.8 Å². The molecule has 0 radical (unpaired) electrons. The molecule has 0 amide bonds. The largest absolute Gasteiger partial charge is 0.293 e. The van der Waals surface area contributed by atoms with Crippen molar-refractivity contribution >= 4 is 11.6 Å². The first-order valence-corrected chi connectivity index (χ1v) is 4.46. The smallest absolute Gasteiger partial charge is 0.0873 e. The van der Waals surface area contributed by atoms with Crippen LogP contribution in [-0.2, 0) is 0 Å². The van der Waals surface area contributed by atoms with E-state index in [4.69, 9.17) is 11.6 Å². The Balaban J connectivity index is 2.32. The molecule has 1 saturated carbocycles. The zero-order valence-electron chi connectivity index (χ0n) is 6.81. The molecule has 1 unspecified atom stereocenters. The van der Waals surface area contributed by atoms with Gasteiger partial charge in [-0.15, -0.1) is 11.6 Å². The number of nitrogens with zero attached hydrogens (tertiary/aromatic N) is 1. The van der Waals surface area contributed by atoms with Crippen LogP contribution in [0.15, 0.2) is 0 Å². The molecule has 0 aromatic heterocycles. The predicted molar refractivity (Wildman–Crippen MR) is 45.3 cm³/mol. The molecule has 60 valence electrons. The second kappa shape index (κ2) is 3.59. The maximum absolute atomic E-state index is 6.15. The number of hydrogen-bond acceptors (Lipinski definition) is 1. The Hall–Kier alpha value is 0.250. The summed E-state index contributed by atoms with van der Waals surface area (Å²) in [6.45, 7) is 0. The molecule has 10 heavy (non-hydrogen) atoms. The van der Waals surface area contributed by atoms with Crippen LogP contribution in [0.4, 0.5) is 0 Å². The van der Waals surface area contributed by atoms with E-state index in [0.29, 0.717) is 0 Å². The molecule has 1 aliphatic carbocycles. The lowest BCUT2D eigenvalue weighted by molar-refractivity contribution is 0.289. The molecule has 0 bridgehead atoms. The van der Waals surface area contributed by atoms with Gasteiger partial charge in [0, 0.05) is 0 Å². The van der Waals surface area contributed by atoms with Crippen LogP contribution in [0, 0.1) is 5.92 Å². The van der Waals surface area contributed by atoms with Crippen LogP contribution >= 0.6 is 11.6 Å². The zero-order chi connectivity index (χ0) is 7.56. The van der Waals surface area contributed by atoms with E-state index in [-0.39, 0.29) is 5.50 Å². The number of hydrogen-bond donors (Lipinski definition) is 0. The fourth-order valence-corrected chi connectivity index (χ4v) is 1.91. The highest BCUT2D eigenvalue weighted by Gasteiger charge is 2.24. The monoisotopic (exact) mass is 161 g/mol. The van der Waals surface area contributed by atoms with Crippen molar-refractivity contribution in [1.29, 1.82) is 0 Å². The summed E-state index contributed by atoms with van der Waals surface area (Å²) in [5.74, 6) is 0.747. The third-order valence-corrected chi connectivity index (χ3v) is 3.03. The minimum atomic E-state index is 0.266. The minimum Gasteiger partial charge on any atom is -0.293 e. The Labute approximate surface area is 68.4 Å². The number of halogens is 1. The number of rotatable bonds is 2. The van der Waals surface area contributed by atoms with E-state index < -0.39 is 0 Å². The molecule has 1 atom stereocenters. The summed E-state index contributed by atoms with van der Waals surface area (Å²) in [6, 6.07) is 0. The summed E-state index contributed by atoms with van der Waals surface area (Å²) < 4.78 is 0. The summed E-state index contributed by atoms with van der Waals surface area (Å²) in [4.78, 5) is 2.11. The van der Waals surface area contributed by atoms with Gasteiger partial charge in [-0.2, -0.15) is 0 Å². The van der Waals surface area contributed by atoms with Gasteiger partial charge in [-0.25, -0.2) is 0 Å². The van der Waals surface area contributed by atoms with Crippen LogP contribution in [0.5, 0.6) is 0 Å². The van der Waals surface area contributed by atoms with Crippen molar-refractivity contribution in [3.05, 3.63) is 0 Å². The zero-order valence-corrected chi connectivity index (χ0v) is 7.56. The molecule has 0 aromatic carbocycles. The van der Waals surface area contributed by atoms with Crippen molar-refractivity contribution in [2.24, 2.45) is 5.92 Å². The van der Waals surface area contributed by atoms with Crippen molar-refractivity contribution in [3.63, 3.8) is 0 Å². The topological polar surface area (TPSA) is 3.24 Å². The molecular formula is C8H16ClN. The summed E-state index contributed by atoms with van der Waals surface area (Å²) in [7, 11) is 4.10. The summed E-state index contributed by atoms with van der Waals surface area (Å²) in [6.07, 6.45) is 5.40. The van der Waals surface area contributed by atoms with E-state index >= 15 is 0 Å². The summed E-state index contributed by atoms with van der Waals surface area (Å²) in [5, 5.41) is 0. The van der Waals surface area contributed by atoms with Gasteiger partial charge in [-0.05, 0) is 32.9 Å². The van der Waals surface area contributed by atoms with E-state index in [1.54, 1.807) is 0 Å². The average Bonchev–Trinajstić information content (AvgIpc) is 2.36. The molecule has 0 N–H and O–H groups in total. The molecule has 0 saturated heterocycles. The van der Waals surface area contributed by atoms with E-state index in [9.17, 15) is 0 Å². The second-order valence-corrected chi connectivity index (χ2v) is 3.83. The molecule has 1 nitrogen and oxygen atoms in total. The fourth-order valence-electron chi connectivity index (χ4n) is 1.65. The third kappa shape index (κ3) is 1.86. The Bertz CT molecular complexity index is 97.4. The highest BCUT2D eigenvalue weighted by molar-refractivity contribution is 6.20. The molecule has 0 aromatic rings. The van der Waals surface area contributed by atoms with E-state index in [2.05, 4.69) is 19.0 Å². The third-order valence-electron chi connectivity index (χ3n) is 2.28. The average molecular weight is 162 g/mol. The molecule has 0 heterocycles. The Morgan fingerprint density at radius 2 is 1.80 bits per heavy atom. The van der Waals surface area contributed by atoms with Crippen LogP contribution in [0.25, 0.3) is 0 Å². The van der Waals surface area contributed by atoms with Crippen molar-refractivity contribution in [2.45, 2.75) is 31.2 Å². The lowest BCUT2D eigenvalue weighted by Crippen LogP contribution is -2.28. The predicted octanol–water partition coefficient (Wildman–Crippen LogP) is 2.30. The van der Waals surface area contributed by atoms with E-state index in [0.717, 1.165) is 5.92 Å². The van der Waals surface area contributed by atoms with Gasteiger partial charge in [0.05, 0.1) is 5.50 Å². The quantitative estimate of drug-likeness (QED) is 0.444. The van der Waals surface area contributed by atoms with Gasteiger partial charge in [0.1, 0.15) is 0 Å². The van der Waals surface area contributed by atoms with Crippen molar-refractivity contribution in [2.75, 3.05) is 14.1 Å². The van der Waals surface area contributed by atoms with E-state index in [1.807, 2.05) is 0 Å². The van der Waals surface area contributed by atoms with Crippen LogP contribution in [-0.4, -0.2) is 24.5 Å². The Morgan fingerprint density at radius 3 is 2.20 bits per heavy atom. The molecule has 1 fully saturated rings. The van der Waals surface area contributed by atoms with Crippen LogP contribution in [0.1, 0.15) is 25.7 Å². The standard InChI is InChI=1S/C8H16ClN/c1-10(2)8(9)7-5-3-4-6-7/h7-8H,3-6H2,1-2H3. The van der Waals surface area contributed by atoms with Crippen molar-refractivity contribution < 1.29 is 0 Å². The van der Waals surface area contributed by atoms with Gasteiger partial charge in [0.15, 0.2) is 0 Å². The SMILES string of the molecule is CN(C)C(Cl)C1CCCC1. The fraction of sp³-hybridized carbons (Fsp3) is 1.00. The highest BCUT2D eigenvalue weighted by Crippen LogP contribution is 2.30. The van der Waals surface area contributed by atoms with Crippen molar-refractivity contribution in [1.82, 2.24) is 4.90 Å². The highest BCUT2D eigenvalue weighted by atomic mass is 35.5. The second-order valence-electron chi connectivity index (χ2n) is 3.38. The summed E-state index contributed by atoms with van der Waals surface area (Å²) in [5.41, 5.74) is 0.266. The van der Waals surface area contributed by atoms with Gasteiger partial charge < -0.3 is 0 Å². The van der Waals surface area contributed by atoms with Gasteiger partial charge in [0.2, 0.25) is 0 Å². The molecule has 1 rings (SSSR count). The first kappa shape index (κ1) is 8.35. The lowest BCUT2D eigenvalue weighted by Gasteiger charge is -2.23. The van der Waals surface area contributed by atoms with Crippen molar-refractivity contribution in [3.8, 4) is 0 Å². The molecular weight excluding hydrogens is 146 g/mol. The van der Waals surface area contributed by atoms with Crippen LogP contribution in [0.2, 0.25) is 0 Å². The Kier molecular flexibility index (Phi) is 2.99. The Morgan fingerprint density at radius 1 is 1.30 bits per heavy atom. The lowest BCUT2D eigenvalue weighted by atomic mass is 10.1. The molecule has 1 aliphatic rings. The normalized spacial score (nSPS) is 24.0. The number of alkyl halides is 1. The van der Waals surface area contributed by atoms with E-state index in [1.165, 1.54) is 25.7 Å².